The Bertz CT molecular complexity index is 689. The van der Waals surface area contributed by atoms with Crippen LogP contribution in [0.4, 0.5) is 0 Å². The number of aromatic nitrogens is 2. The molecule has 1 aromatic carbocycles. The predicted octanol–water partition coefficient (Wildman–Crippen LogP) is 3.34. The number of hydrogen-bond donors (Lipinski definition) is 1. The maximum Gasteiger partial charge on any atom is 0.251 e. The van der Waals surface area contributed by atoms with E-state index in [4.69, 9.17) is 4.74 Å². The first kappa shape index (κ1) is 18.2. The second-order valence-electron chi connectivity index (χ2n) is 5.97. The van der Waals surface area contributed by atoms with E-state index in [1.165, 1.54) is 0 Å². The number of methoxy groups -OCH3 is 1. The van der Waals surface area contributed by atoms with E-state index in [0.717, 1.165) is 35.5 Å². The molecule has 0 spiro atoms. The van der Waals surface area contributed by atoms with Crippen LogP contribution in [0.1, 0.15) is 42.0 Å². The number of nitrogens with one attached hydrogen (secondary N) is 1. The number of carbonyl (C=O) groups is 1. The molecule has 1 N–H and O–H groups in total. The molecule has 0 fully saturated rings. The fourth-order valence-corrected chi connectivity index (χ4v) is 2.94. The molecule has 1 amide bonds. The predicted molar refractivity (Wildman–Crippen MR) is 96.2 cm³/mol. The minimum atomic E-state index is -0.0665. The molecule has 1 heterocycles. The Kier molecular flexibility index (Phi) is 6.15. The van der Waals surface area contributed by atoms with Gasteiger partial charge in [-0.25, -0.2) is 0 Å². The van der Waals surface area contributed by atoms with Gasteiger partial charge in [0.2, 0.25) is 0 Å². The first-order valence-electron chi connectivity index (χ1n) is 8.46. The van der Waals surface area contributed by atoms with E-state index in [0.29, 0.717) is 12.2 Å². The second kappa shape index (κ2) is 8.11. The summed E-state index contributed by atoms with van der Waals surface area (Å²) in [7, 11) is 1.64. The smallest absolute Gasteiger partial charge is 0.251 e. The minimum absolute atomic E-state index is 0.0365. The second-order valence-corrected chi connectivity index (χ2v) is 5.97. The molecule has 0 aliphatic carbocycles. The zero-order valence-corrected chi connectivity index (χ0v) is 15.2. The van der Waals surface area contributed by atoms with Gasteiger partial charge >= 0.3 is 0 Å². The summed E-state index contributed by atoms with van der Waals surface area (Å²) in [6.07, 6.45) is 0.840. The summed E-state index contributed by atoms with van der Waals surface area (Å²) in [6, 6.07) is 7.75. The van der Waals surface area contributed by atoms with Gasteiger partial charge in [0.25, 0.3) is 5.91 Å². The third kappa shape index (κ3) is 3.85. The molecule has 24 heavy (non-hydrogen) atoms. The number of nitrogens with zero attached hydrogens (tertiary/aromatic N) is 2. The Labute approximate surface area is 144 Å². The van der Waals surface area contributed by atoms with Crippen LogP contribution in [0.5, 0.6) is 0 Å². The van der Waals surface area contributed by atoms with Crippen LogP contribution in [-0.4, -0.2) is 35.4 Å². The van der Waals surface area contributed by atoms with Crippen molar-refractivity contribution in [2.75, 3.05) is 13.7 Å². The largest absolute Gasteiger partial charge is 0.383 e. The molecule has 0 saturated carbocycles. The standard InChI is InChI=1S/C19H27N3O2/c1-6-17(12-24-5)20-19(23)16-10-8-15(9-11-16)18-13(3)21-22(7-2)14(18)4/h8-11,17H,6-7,12H2,1-5H3,(H,20,23)/t17-/m1/s1. The van der Waals surface area contributed by atoms with Gasteiger partial charge in [-0.05, 0) is 44.9 Å². The monoisotopic (exact) mass is 329 g/mol. The average Bonchev–Trinajstić information content (AvgIpc) is 2.88. The van der Waals surface area contributed by atoms with Crippen LogP contribution < -0.4 is 5.32 Å². The first-order chi connectivity index (χ1) is 11.5. The zero-order valence-electron chi connectivity index (χ0n) is 15.2. The van der Waals surface area contributed by atoms with Gasteiger partial charge in [0, 0.05) is 30.5 Å². The fourth-order valence-electron chi connectivity index (χ4n) is 2.94. The topological polar surface area (TPSA) is 56.1 Å². The van der Waals surface area contributed by atoms with E-state index < -0.39 is 0 Å². The molecule has 1 atom stereocenters. The summed E-state index contributed by atoms with van der Waals surface area (Å²) in [5.74, 6) is -0.0665. The van der Waals surface area contributed by atoms with Crippen molar-refractivity contribution in [2.45, 2.75) is 46.7 Å². The molecule has 0 radical (unpaired) electrons. The summed E-state index contributed by atoms with van der Waals surface area (Å²) in [5, 5.41) is 7.56. The molecular weight excluding hydrogens is 302 g/mol. The highest BCUT2D eigenvalue weighted by Gasteiger charge is 2.15. The maximum atomic E-state index is 12.3. The van der Waals surface area contributed by atoms with Crippen molar-refractivity contribution in [2.24, 2.45) is 0 Å². The molecule has 130 valence electrons. The van der Waals surface area contributed by atoms with Gasteiger partial charge in [-0.3, -0.25) is 9.48 Å². The van der Waals surface area contributed by atoms with Crippen LogP contribution in [0.2, 0.25) is 0 Å². The van der Waals surface area contributed by atoms with E-state index in [1.54, 1.807) is 7.11 Å². The number of ether oxygens (including phenoxy) is 1. The van der Waals surface area contributed by atoms with Crippen molar-refractivity contribution < 1.29 is 9.53 Å². The van der Waals surface area contributed by atoms with Gasteiger partial charge in [0.1, 0.15) is 0 Å². The van der Waals surface area contributed by atoms with Crippen LogP contribution in [0.3, 0.4) is 0 Å². The number of rotatable bonds is 7. The molecular formula is C19H27N3O2. The third-order valence-electron chi connectivity index (χ3n) is 4.31. The molecule has 1 aromatic heterocycles. The van der Waals surface area contributed by atoms with Crippen LogP contribution in [0, 0.1) is 13.8 Å². The Morgan fingerprint density at radius 3 is 2.42 bits per heavy atom. The lowest BCUT2D eigenvalue weighted by Crippen LogP contribution is -2.37. The Morgan fingerprint density at radius 1 is 1.25 bits per heavy atom. The molecule has 5 nitrogen and oxygen atoms in total. The lowest BCUT2D eigenvalue weighted by Gasteiger charge is -2.16. The quantitative estimate of drug-likeness (QED) is 0.847. The highest BCUT2D eigenvalue weighted by molar-refractivity contribution is 5.95. The van der Waals surface area contributed by atoms with E-state index in [9.17, 15) is 4.79 Å². The van der Waals surface area contributed by atoms with E-state index in [-0.39, 0.29) is 11.9 Å². The van der Waals surface area contributed by atoms with Crippen molar-refractivity contribution in [1.82, 2.24) is 15.1 Å². The van der Waals surface area contributed by atoms with Gasteiger partial charge < -0.3 is 10.1 Å². The highest BCUT2D eigenvalue weighted by atomic mass is 16.5. The minimum Gasteiger partial charge on any atom is -0.383 e. The Hall–Kier alpha value is -2.14. The van der Waals surface area contributed by atoms with Gasteiger partial charge in [-0.2, -0.15) is 5.10 Å². The summed E-state index contributed by atoms with van der Waals surface area (Å²) in [4.78, 5) is 12.3. The lowest BCUT2D eigenvalue weighted by molar-refractivity contribution is 0.0894. The molecule has 5 heteroatoms. The van der Waals surface area contributed by atoms with Gasteiger partial charge in [-0.1, -0.05) is 19.1 Å². The van der Waals surface area contributed by atoms with Crippen molar-refractivity contribution in [1.29, 1.82) is 0 Å². The molecule has 2 rings (SSSR count). The molecule has 0 bridgehead atoms. The van der Waals surface area contributed by atoms with E-state index in [2.05, 4.69) is 24.3 Å². The lowest BCUT2D eigenvalue weighted by atomic mass is 10.0. The Morgan fingerprint density at radius 2 is 1.92 bits per heavy atom. The fraction of sp³-hybridized carbons (Fsp3) is 0.474. The summed E-state index contributed by atoms with van der Waals surface area (Å²) >= 11 is 0. The van der Waals surface area contributed by atoms with E-state index in [1.807, 2.05) is 42.8 Å². The third-order valence-corrected chi connectivity index (χ3v) is 4.31. The number of aryl methyl sites for hydroxylation is 2. The van der Waals surface area contributed by atoms with Gasteiger partial charge in [0.05, 0.1) is 18.3 Å². The normalized spacial score (nSPS) is 12.2. The number of hydrogen-bond acceptors (Lipinski definition) is 3. The average molecular weight is 329 g/mol. The van der Waals surface area contributed by atoms with Crippen molar-refractivity contribution in [3.8, 4) is 11.1 Å². The maximum absolute atomic E-state index is 12.3. The van der Waals surface area contributed by atoms with Gasteiger partial charge in [-0.15, -0.1) is 0 Å². The number of benzene rings is 1. The number of carbonyl (C=O) groups excluding carboxylic acids is 1. The van der Waals surface area contributed by atoms with Crippen LogP contribution >= 0.6 is 0 Å². The molecule has 0 saturated heterocycles. The van der Waals surface area contributed by atoms with Gasteiger partial charge in [0.15, 0.2) is 0 Å². The summed E-state index contributed by atoms with van der Waals surface area (Å²) < 4.78 is 7.13. The Balaban J connectivity index is 2.19. The molecule has 0 aliphatic rings. The van der Waals surface area contributed by atoms with Crippen LogP contribution in [-0.2, 0) is 11.3 Å². The SMILES string of the molecule is CC[C@H](COC)NC(=O)c1ccc(-c2c(C)nn(CC)c2C)cc1. The number of amides is 1. The first-order valence-corrected chi connectivity index (χ1v) is 8.46. The molecule has 0 aliphatic heterocycles. The van der Waals surface area contributed by atoms with E-state index >= 15 is 0 Å². The van der Waals surface area contributed by atoms with Crippen molar-refractivity contribution in [3.63, 3.8) is 0 Å². The van der Waals surface area contributed by atoms with Crippen LogP contribution in [0.15, 0.2) is 24.3 Å². The summed E-state index contributed by atoms with van der Waals surface area (Å²) in [5.41, 5.74) is 5.06. The summed E-state index contributed by atoms with van der Waals surface area (Å²) in [6.45, 7) is 9.59. The van der Waals surface area contributed by atoms with Crippen molar-refractivity contribution in [3.05, 3.63) is 41.2 Å². The zero-order chi connectivity index (χ0) is 17.7. The highest BCUT2D eigenvalue weighted by Crippen LogP contribution is 2.27. The van der Waals surface area contributed by atoms with Crippen LogP contribution in [0.25, 0.3) is 11.1 Å². The molecule has 0 unspecified atom stereocenters. The van der Waals surface area contributed by atoms with Crippen molar-refractivity contribution >= 4 is 5.91 Å². The molecule has 2 aromatic rings.